The number of nitrogens with one attached hydrogen (secondary N) is 1. The molecule has 2 heterocycles. The molecule has 0 aromatic carbocycles. The van der Waals surface area contributed by atoms with Gasteiger partial charge in [-0.15, -0.1) is 0 Å². The number of nitrogens with zero attached hydrogens (tertiary/aromatic N) is 2. The maximum atomic E-state index is 4.45. The van der Waals surface area contributed by atoms with Crippen LogP contribution in [0.2, 0.25) is 0 Å². The minimum absolute atomic E-state index is 0.419. The summed E-state index contributed by atoms with van der Waals surface area (Å²) in [5.41, 5.74) is 2.55. The molecule has 0 saturated carbocycles. The van der Waals surface area contributed by atoms with Crippen LogP contribution in [0.1, 0.15) is 51.6 Å². The molecular formula is C16H25N3. The fourth-order valence-electron chi connectivity index (χ4n) is 2.41. The Balaban J connectivity index is 2.20. The van der Waals surface area contributed by atoms with Crippen molar-refractivity contribution in [2.45, 2.75) is 46.1 Å². The lowest BCUT2D eigenvalue weighted by atomic mass is 9.98. The highest BCUT2D eigenvalue weighted by atomic mass is 15.2. The Morgan fingerprint density at radius 1 is 1.26 bits per heavy atom. The highest BCUT2D eigenvalue weighted by molar-refractivity contribution is 5.54. The van der Waals surface area contributed by atoms with E-state index in [0.29, 0.717) is 6.04 Å². The molecule has 1 unspecified atom stereocenters. The third-order valence-corrected chi connectivity index (χ3v) is 3.51. The van der Waals surface area contributed by atoms with Crippen LogP contribution in [0.25, 0.3) is 5.52 Å². The van der Waals surface area contributed by atoms with E-state index in [4.69, 9.17) is 0 Å². The largest absolute Gasteiger partial charge is 0.310 e. The summed E-state index contributed by atoms with van der Waals surface area (Å²) < 4.78 is 1.96. The van der Waals surface area contributed by atoms with Crippen LogP contribution >= 0.6 is 0 Å². The van der Waals surface area contributed by atoms with Crippen molar-refractivity contribution in [1.29, 1.82) is 0 Å². The topological polar surface area (TPSA) is 29.3 Å². The molecular weight excluding hydrogens is 234 g/mol. The number of rotatable bonds is 7. The molecule has 3 heteroatoms. The summed E-state index contributed by atoms with van der Waals surface area (Å²) in [7, 11) is 0. The number of hydrogen-bond acceptors (Lipinski definition) is 2. The van der Waals surface area contributed by atoms with Crippen LogP contribution in [-0.4, -0.2) is 16.2 Å². The van der Waals surface area contributed by atoms with E-state index in [1.807, 2.05) is 23.0 Å². The Labute approximate surface area is 116 Å². The summed E-state index contributed by atoms with van der Waals surface area (Å²) in [6.45, 7) is 7.84. The monoisotopic (exact) mass is 259 g/mol. The number of aromatic nitrogens is 2. The summed E-state index contributed by atoms with van der Waals surface area (Å²) in [6, 6.07) is 6.67. The first-order valence-electron chi connectivity index (χ1n) is 7.38. The van der Waals surface area contributed by atoms with Crippen molar-refractivity contribution in [1.82, 2.24) is 14.9 Å². The third-order valence-electron chi connectivity index (χ3n) is 3.51. The number of fused-ring (bicyclic) bond motifs is 1. The van der Waals surface area contributed by atoms with Gasteiger partial charge >= 0.3 is 0 Å². The SMILES string of the molecule is CCCNC(CCC(C)C)c1cnn2ccccc12. The standard InChI is InChI=1S/C16H25N3/c1-4-10-17-15(9-8-13(2)3)14-12-18-19-11-6-5-7-16(14)19/h5-7,11-13,15,17H,4,8-10H2,1-3H3. The molecule has 19 heavy (non-hydrogen) atoms. The molecule has 3 nitrogen and oxygen atoms in total. The van der Waals surface area contributed by atoms with Gasteiger partial charge < -0.3 is 5.32 Å². The zero-order chi connectivity index (χ0) is 13.7. The predicted octanol–water partition coefficient (Wildman–Crippen LogP) is 3.81. The van der Waals surface area contributed by atoms with Gasteiger partial charge in [-0.1, -0.05) is 26.8 Å². The minimum Gasteiger partial charge on any atom is -0.310 e. The Kier molecular flexibility index (Phi) is 4.97. The van der Waals surface area contributed by atoms with Gasteiger partial charge in [0.25, 0.3) is 0 Å². The highest BCUT2D eigenvalue weighted by Crippen LogP contribution is 2.24. The van der Waals surface area contributed by atoms with Crippen molar-refractivity contribution in [3.8, 4) is 0 Å². The second kappa shape index (κ2) is 6.71. The van der Waals surface area contributed by atoms with Crippen molar-refractivity contribution < 1.29 is 0 Å². The van der Waals surface area contributed by atoms with Crippen LogP contribution < -0.4 is 5.32 Å². The first-order valence-corrected chi connectivity index (χ1v) is 7.38. The average Bonchev–Trinajstić information content (AvgIpc) is 2.83. The second-order valence-electron chi connectivity index (χ2n) is 5.61. The molecule has 0 bridgehead atoms. The summed E-state index contributed by atoms with van der Waals surface area (Å²) in [5.74, 6) is 0.743. The lowest BCUT2D eigenvalue weighted by Crippen LogP contribution is -2.22. The van der Waals surface area contributed by atoms with E-state index in [-0.39, 0.29) is 0 Å². The van der Waals surface area contributed by atoms with E-state index in [1.54, 1.807) is 0 Å². The summed E-state index contributed by atoms with van der Waals surface area (Å²) in [5, 5.41) is 8.12. The lowest BCUT2D eigenvalue weighted by Gasteiger charge is -2.19. The zero-order valence-electron chi connectivity index (χ0n) is 12.3. The van der Waals surface area contributed by atoms with Crippen LogP contribution in [0, 0.1) is 5.92 Å². The molecule has 0 fully saturated rings. The van der Waals surface area contributed by atoms with Gasteiger partial charge in [-0.2, -0.15) is 5.10 Å². The van der Waals surface area contributed by atoms with E-state index >= 15 is 0 Å². The predicted molar refractivity (Wildman–Crippen MR) is 80.3 cm³/mol. The van der Waals surface area contributed by atoms with Gasteiger partial charge in [0.15, 0.2) is 0 Å². The molecule has 0 aliphatic rings. The van der Waals surface area contributed by atoms with E-state index in [9.17, 15) is 0 Å². The smallest absolute Gasteiger partial charge is 0.0709 e. The summed E-state index contributed by atoms with van der Waals surface area (Å²) >= 11 is 0. The molecule has 1 N–H and O–H groups in total. The van der Waals surface area contributed by atoms with Gasteiger partial charge in [0.1, 0.15) is 0 Å². The molecule has 0 aliphatic carbocycles. The van der Waals surface area contributed by atoms with Gasteiger partial charge in [-0.25, -0.2) is 4.52 Å². The summed E-state index contributed by atoms with van der Waals surface area (Å²) in [4.78, 5) is 0. The molecule has 0 radical (unpaired) electrons. The molecule has 0 saturated heterocycles. The Morgan fingerprint density at radius 3 is 2.84 bits per heavy atom. The molecule has 0 amide bonds. The molecule has 1 atom stereocenters. The molecule has 2 aromatic heterocycles. The fourth-order valence-corrected chi connectivity index (χ4v) is 2.41. The van der Waals surface area contributed by atoms with Gasteiger partial charge in [0.2, 0.25) is 0 Å². The van der Waals surface area contributed by atoms with Gasteiger partial charge in [0.05, 0.1) is 11.7 Å². The Bertz CT molecular complexity index is 501. The molecule has 104 valence electrons. The zero-order valence-corrected chi connectivity index (χ0v) is 12.3. The first-order chi connectivity index (χ1) is 9.22. The van der Waals surface area contributed by atoms with Crippen molar-refractivity contribution in [3.05, 3.63) is 36.2 Å². The number of pyridine rings is 1. The third kappa shape index (κ3) is 3.57. The van der Waals surface area contributed by atoms with Crippen LogP contribution in [0.5, 0.6) is 0 Å². The Hall–Kier alpha value is -1.35. The molecule has 2 aromatic rings. The maximum Gasteiger partial charge on any atom is 0.0709 e. The second-order valence-corrected chi connectivity index (χ2v) is 5.61. The van der Waals surface area contributed by atoms with E-state index < -0.39 is 0 Å². The molecule has 2 rings (SSSR count). The van der Waals surface area contributed by atoms with Crippen molar-refractivity contribution in [3.63, 3.8) is 0 Å². The normalized spacial score (nSPS) is 13.3. The first kappa shape index (κ1) is 14.1. The minimum atomic E-state index is 0.419. The van der Waals surface area contributed by atoms with Crippen LogP contribution in [-0.2, 0) is 0 Å². The van der Waals surface area contributed by atoms with Gasteiger partial charge in [0, 0.05) is 17.8 Å². The van der Waals surface area contributed by atoms with Crippen molar-refractivity contribution >= 4 is 5.52 Å². The van der Waals surface area contributed by atoms with E-state index in [2.05, 4.69) is 43.3 Å². The van der Waals surface area contributed by atoms with Gasteiger partial charge in [-0.05, 0) is 43.9 Å². The van der Waals surface area contributed by atoms with Crippen LogP contribution in [0.15, 0.2) is 30.6 Å². The maximum absolute atomic E-state index is 4.45. The van der Waals surface area contributed by atoms with Crippen LogP contribution in [0.4, 0.5) is 0 Å². The fraction of sp³-hybridized carbons (Fsp3) is 0.562. The van der Waals surface area contributed by atoms with E-state index in [1.165, 1.54) is 23.9 Å². The van der Waals surface area contributed by atoms with Gasteiger partial charge in [-0.3, -0.25) is 0 Å². The highest BCUT2D eigenvalue weighted by Gasteiger charge is 2.15. The molecule has 0 spiro atoms. The number of hydrogen-bond donors (Lipinski definition) is 1. The average molecular weight is 259 g/mol. The summed E-state index contributed by atoms with van der Waals surface area (Å²) in [6.07, 6.45) is 7.61. The molecule has 0 aliphatic heterocycles. The van der Waals surface area contributed by atoms with Crippen LogP contribution in [0.3, 0.4) is 0 Å². The Morgan fingerprint density at radius 2 is 2.11 bits per heavy atom. The van der Waals surface area contributed by atoms with Crippen molar-refractivity contribution in [2.24, 2.45) is 5.92 Å². The van der Waals surface area contributed by atoms with E-state index in [0.717, 1.165) is 18.9 Å². The quantitative estimate of drug-likeness (QED) is 0.819. The van der Waals surface area contributed by atoms with Crippen molar-refractivity contribution in [2.75, 3.05) is 6.54 Å². The lowest BCUT2D eigenvalue weighted by molar-refractivity contribution is 0.442.